The van der Waals surface area contributed by atoms with Crippen LogP contribution in [-0.2, 0) is 14.4 Å². The van der Waals surface area contributed by atoms with Crippen molar-refractivity contribution in [3.63, 3.8) is 0 Å². The van der Waals surface area contributed by atoms with Crippen LogP contribution in [0.1, 0.15) is 20.8 Å². The topological polar surface area (TPSA) is 95.9 Å². The number of carbonyl (C=O) groups excluding carboxylic acids is 2. The Morgan fingerprint density at radius 3 is 2.35 bits per heavy atom. The largest absolute Gasteiger partial charge is 0.480 e. The van der Waals surface area contributed by atoms with Crippen molar-refractivity contribution in [3.8, 4) is 0 Å². The molecule has 0 fully saturated rings. The third-order valence-corrected chi connectivity index (χ3v) is 1.77. The molecule has 7 nitrogen and oxygen atoms in total. The Bertz CT molecular complexity index is 340. The van der Waals surface area contributed by atoms with Gasteiger partial charge in [0.05, 0.1) is 0 Å². The number of nitrogens with one attached hydrogen (secondary N) is 1. The predicted octanol–water partition coefficient (Wildman–Crippen LogP) is 0.525. The molecule has 2 amide bonds. The lowest BCUT2D eigenvalue weighted by atomic mass is 10.3. The van der Waals surface area contributed by atoms with Crippen molar-refractivity contribution in [3.05, 3.63) is 12.2 Å². The molecule has 0 aromatic rings. The molecule has 0 aliphatic carbocycles. The van der Waals surface area contributed by atoms with Crippen LogP contribution in [0.3, 0.4) is 0 Å². The molecule has 0 spiro atoms. The van der Waals surface area contributed by atoms with E-state index in [1.807, 2.05) is 0 Å². The highest BCUT2D eigenvalue weighted by Gasteiger charge is 2.29. The van der Waals surface area contributed by atoms with Crippen molar-refractivity contribution in [2.24, 2.45) is 0 Å². The molecular weight excluding hydrogens is 228 g/mol. The molecule has 0 aromatic carbocycles. The summed E-state index contributed by atoms with van der Waals surface area (Å²) < 4.78 is 0. The first-order valence-electron chi connectivity index (χ1n) is 4.98. The summed E-state index contributed by atoms with van der Waals surface area (Å²) in [4.78, 5) is 38.2. The Labute approximate surface area is 99.0 Å². The normalized spacial score (nSPS) is 11.2. The molecule has 2 N–H and O–H groups in total. The van der Waals surface area contributed by atoms with Gasteiger partial charge >= 0.3 is 18.0 Å². The third-order valence-electron chi connectivity index (χ3n) is 1.77. The van der Waals surface area contributed by atoms with E-state index in [1.54, 1.807) is 6.92 Å². The molecule has 0 aromatic heterocycles. The second kappa shape index (κ2) is 6.51. The van der Waals surface area contributed by atoms with Gasteiger partial charge < -0.3 is 15.3 Å². The van der Waals surface area contributed by atoms with E-state index in [9.17, 15) is 14.4 Å². The molecule has 0 bridgehead atoms. The highest BCUT2D eigenvalue weighted by Crippen LogP contribution is 2.05. The number of urea groups is 1. The quantitative estimate of drug-likeness (QED) is 0.555. The number of nitrogens with zero attached hydrogens (tertiary/aromatic N) is 1. The number of hydrogen-bond acceptors (Lipinski definition) is 4. The van der Waals surface area contributed by atoms with Crippen molar-refractivity contribution in [2.75, 3.05) is 6.54 Å². The molecule has 0 rings (SSSR count). The van der Waals surface area contributed by atoms with Crippen LogP contribution in [0.4, 0.5) is 4.79 Å². The first kappa shape index (κ1) is 14.9. The van der Waals surface area contributed by atoms with Gasteiger partial charge in [-0.25, -0.2) is 14.4 Å². The minimum absolute atomic E-state index is 0.0666. The van der Waals surface area contributed by atoms with Gasteiger partial charge in [0.1, 0.15) is 0 Å². The van der Waals surface area contributed by atoms with Gasteiger partial charge in [-0.1, -0.05) is 6.58 Å². The van der Waals surface area contributed by atoms with E-state index in [0.29, 0.717) is 5.06 Å². The average molecular weight is 244 g/mol. The average Bonchev–Trinajstić information content (AvgIpc) is 2.24. The number of carboxylic acid groups (broad SMARTS) is 1. The van der Waals surface area contributed by atoms with E-state index >= 15 is 0 Å². The summed E-state index contributed by atoms with van der Waals surface area (Å²) in [7, 11) is 0. The maximum Gasteiger partial charge on any atom is 0.358 e. The maximum absolute atomic E-state index is 11.5. The van der Waals surface area contributed by atoms with Crippen LogP contribution >= 0.6 is 0 Å². The Morgan fingerprint density at radius 1 is 1.47 bits per heavy atom. The lowest BCUT2D eigenvalue weighted by molar-refractivity contribution is -0.184. The van der Waals surface area contributed by atoms with Gasteiger partial charge in [-0.2, -0.15) is 0 Å². The minimum Gasteiger partial charge on any atom is -0.480 e. The molecular formula is C10H16N2O5. The monoisotopic (exact) mass is 244 g/mol. The highest BCUT2D eigenvalue weighted by atomic mass is 16.7. The van der Waals surface area contributed by atoms with Crippen molar-refractivity contribution in [2.45, 2.75) is 26.8 Å². The Balaban J connectivity index is 4.85. The van der Waals surface area contributed by atoms with Crippen molar-refractivity contribution < 1.29 is 24.3 Å². The van der Waals surface area contributed by atoms with Gasteiger partial charge in [-0.05, 0) is 20.8 Å². The van der Waals surface area contributed by atoms with Crippen LogP contribution < -0.4 is 5.32 Å². The van der Waals surface area contributed by atoms with Crippen LogP contribution in [-0.4, -0.2) is 40.7 Å². The summed E-state index contributed by atoms with van der Waals surface area (Å²) in [5.74, 6) is -2.14. The summed E-state index contributed by atoms with van der Waals surface area (Å²) in [6.07, 6.45) is 0. The third kappa shape index (κ3) is 4.54. The van der Waals surface area contributed by atoms with Crippen molar-refractivity contribution in [1.82, 2.24) is 10.4 Å². The van der Waals surface area contributed by atoms with Gasteiger partial charge in [0, 0.05) is 12.1 Å². The smallest absolute Gasteiger partial charge is 0.358 e. The zero-order valence-electron chi connectivity index (χ0n) is 10.0. The molecule has 96 valence electrons. The fourth-order valence-corrected chi connectivity index (χ4v) is 0.793. The SMILES string of the molecule is C=C(C)C(=O)ON(C(=O)NCC)C(C)C(=O)O. The summed E-state index contributed by atoms with van der Waals surface area (Å²) in [6.45, 7) is 7.89. The fraction of sp³-hybridized carbons (Fsp3) is 0.500. The van der Waals surface area contributed by atoms with Gasteiger partial charge in [-0.3, -0.25) is 0 Å². The maximum atomic E-state index is 11.5. The number of carbonyl (C=O) groups is 3. The minimum atomic E-state index is -1.29. The number of hydroxylamine groups is 2. The molecule has 7 heteroatoms. The summed E-state index contributed by atoms with van der Waals surface area (Å²) in [5, 5.41) is 11.6. The molecule has 0 aliphatic rings. The van der Waals surface area contributed by atoms with E-state index < -0.39 is 24.0 Å². The van der Waals surface area contributed by atoms with E-state index in [0.717, 1.165) is 0 Å². The number of aliphatic carboxylic acids is 1. The molecule has 0 radical (unpaired) electrons. The molecule has 0 heterocycles. The molecule has 0 saturated carbocycles. The van der Waals surface area contributed by atoms with E-state index in [-0.39, 0.29) is 12.1 Å². The van der Waals surface area contributed by atoms with Crippen LogP contribution in [0.25, 0.3) is 0 Å². The molecule has 0 saturated heterocycles. The van der Waals surface area contributed by atoms with Crippen LogP contribution in [0, 0.1) is 0 Å². The van der Waals surface area contributed by atoms with Gasteiger partial charge in [0.2, 0.25) is 0 Å². The zero-order valence-corrected chi connectivity index (χ0v) is 10.0. The van der Waals surface area contributed by atoms with E-state index in [4.69, 9.17) is 5.11 Å². The molecule has 1 unspecified atom stereocenters. The van der Waals surface area contributed by atoms with Crippen molar-refractivity contribution in [1.29, 1.82) is 0 Å². The zero-order chi connectivity index (χ0) is 13.6. The number of carboxylic acids is 1. The number of hydrogen-bond donors (Lipinski definition) is 2. The second-order valence-electron chi connectivity index (χ2n) is 3.33. The van der Waals surface area contributed by atoms with E-state index in [1.165, 1.54) is 13.8 Å². The Kier molecular flexibility index (Phi) is 5.73. The summed E-state index contributed by atoms with van der Waals surface area (Å²) in [5.41, 5.74) is 0.0666. The summed E-state index contributed by atoms with van der Waals surface area (Å²) >= 11 is 0. The first-order valence-corrected chi connectivity index (χ1v) is 4.98. The second-order valence-corrected chi connectivity index (χ2v) is 3.33. The van der Waals surface area contributed by atoms with Crippen LogP contribution in [0.2, 0.25) is 0 Å². The lowest BCUT2D eigenvalue weighted by Crippen LogP contribution is -2.49. The number of amides is 2. The molecule has 1 atom stereocenters. The molecule has 0 aliphatic heterocycles. The first-order chi connectivity index (χ1) is 7.81. The van der Waals surface area contributed by atoms with Gasteiger partial charge in [0.15, 0.2) is 6.04 Å². The van der Waals surface area contributed by atoms with Crippen LogP contribution in [0.5, 0.6) is 0 Å². The Hall–Kier alpha value is -2.05. The van der Waals surface area contributed by atoms with Crippen LogP contribution in [0.15, 0.2) is 12.2 Å². The standard InChI is InChI=1S/C10H16N2O5/c1-5-11-10(16)12(7(4)8(13)14)17-9(15)6(2)3/h7H,2,5H2,1,3-4H3,(H,11,16)(H,13,14). The van der Waals surface area contributed by atoms with Gasteiger partial charge in [0.25, 0.3) is 0 Å². The van der Waals surface area contributed by atoms with Crippen molar-refractivity contribution >= 4 is 18.0 Å². The fourth-order valence-electron chi connectivity index (χ4n) is 0.793. The lowest BCUT2D eigenvalue weighted by Gasteiger charge is -2.24. The summed E-state index contributed by atoms with van der Waals surface area (Å²) in [6, 6.07) is -2.08. The molecule has 17 heavy (non-hydrogen) atoms. The Morgan fingerprint density at radius 2 is 2.00 bits per heavy atom. The highest BCUT2D eigenvalue weighted by molar-refractivity contribution is 5.89. The number of rotatable bonds is 4. The van der Waals surface area contributed by atoms with Gasteiger partial charge in [-0.15, -0.1) is 5.06 Å². The van der Waals surface area contributed by atoms with E-state index in [2.05, 4.69) is 16.7 Å². The predicted molar refractivity (Wildman–Crippen MR) is 58.9 cm³/mol.